The van der Waals surface area contributed by atoms with Gasteiger partial charge in [-0.1, -0.05) is 18.2 Å². The molecule has 2 heterocycles. The second kappa shape index (κ2) is 9.29. The molecule has 7 heteroatoms. The number of carbonyl (C=O) groups is 3. The van der Waals surface area contributed by atoms with Crippen LogP contribution in [0.3, 0.4) is 0 Å². The van der Waals surface area contributed by atoms with Crippen LogP contribution in [0, 0.1) is 6.92 Å². The van der Waals surface area contributed by atoms with E-state index in [1.54, 1.807) is 0 Å². The molecule has 3 rings (SSSR count). The number of rotatable bonds is 7. The zero-order valence-corrected chi connectivity index (χ0v) is 17.2. The summed E-state index contributed by atoms with van der Waals surface area (Å²) >= 11 is 0. The number of hydrogen-bond acceptors (Lipinski definition) is 4. The van der Waals surface area contributed by atoms with Crippen molar-refractivity contribution in [3.05, 3.63) is 29.8 Å². The fourth-order valence-corrected chi connectivity index (χ4v) is 4.45. The molecular formula is C22H31N3O4. The number of carboxylic acid groups (broad SMARTS) is 1. The predicted molar refractivity (Wildman–Crippen MR) is 111 cm³/mol. The molecule has 0 aliphatic carbocycles. The van der Waals surface area contributed by atoms with Crippen molar-refractivity contribution < 1.29 is 19.5 Å². The topological polar surface area (TPSA) is 90.0 Å². The molecule has 2 aliphatic rings. The molecule has 0 unspecified atom stereocenters. The summed E-state index contributed by atoms with van der Waals surface area (Å²) < 4.78 is 0. The number of carboxylic acids is 1. The van der Waals surface area contributed by atoms with E-state index in [0.717, 1.165) is 26.1 Å². The average molecular weight is 402 g/mol. The van der Waals surface area contributed by atoms with Gasteiger partial charge in [0.15, 0.2) is 0 Å². The minimum atomic E-state index is -0.874. The van der Waals surface area contributed by atoms with E-state index in [4.69, 9.17) is 5.11 Å². The van der Waals surface area contributed by atoms with Crippen LogP contribution in [-0.2, 0) is 14.4 Å². The van der Waals surface area contributed by atoms with Crippen molar-refractivity contribution in [2.24, 2.45) is 0 Å². The maximum absolute atomic E-state index is 12.9. The van der Waals surface area contributed by atoms with E-state index in [1.807, 2.05) is 17.0 Å². The smallest absolute Gasteiger partial charge is 0.303 e. The van der Waals surface area contributed by atoms with Gasteiger partial charge in [-0.2, -0.15) is 0 Å². The van der Waals surface area contributed by atoms with Crippen LogP contribution in [0.5, 0.6) is 0 Å². The fourth-order valence-electron chi connectivity index (χ4n) is 4.45. The van der Waals surface area contributed by atoms with E-state index in [1.165, 1.54) is 11.3 Å². The van der Waals surface area contributed by atoms with Gasteiger partial charge in [0.25, 0.3) is 0 Å². The number of anilines is 1. The summed E-state index contributed by atoms with van der Waals surface area (Å²) in [6, 6.07) is 8.31. The average Bonchev–Trinajstić information content (AvgIpc) is 2.90. The number of benzene rings is 1. The molecule has 0 aromatic heterocycles. The van der Waals surface area contributed by atoms with Gasteiger partial charge >= 0.3 is 5.97 Å². The van der Waals surface area contributed by atoms with E-state index >= 15 is 0 Å². The quantitative estimate of drug-likeness (QED) is 0.732. The number of amides is 2. The van der Waals surface area contributed by atoms with Crippen molar-refractivity contribution in [3.63, 3.8) is 0 Å². The van der Waals surface area contributed by atoms with Crippen molar-refractivity contribution in [2.75, 3.05) is 31.1 Å². The van der Waals surface area contributed by atoms with Crippen molar-refractivity contribution >= 4 is 23.5 Å². The number of carbonyl (C=O) groups excluding carboxylic acids is 2. The van der Waals surface area contributed by atoms with Gasteiger partial charge in [-0.15, -0.1) is 0 Å². The van der Waals surface area contributed by atoms with Crippen LogP contribution >= 0.6 is 0 Å². The molecule has 158 valence electrons. The Hall–Kier alpha value is -2.57. The summed E-state index contributed by atoms with van der Waals surface area (Å²) in [5.74, 6) is -0.834. The lowest BCUT2D eigenvalue weighted by molar-refractivity contribution is -0.137. The normalized spacial score (nSPS) is 22.3. The molecule has 7 nitrogen and oxygen atoms in total. The summed E-state index contributed by atoms with van der Waals surface area (Å²) in [6.07, 6.45) is 3.15. The van der Waals surface area contributed by atoms with Crippen molar-refractivity contribution in [2.45, 2.75) is 57.4 Å². The lowest BCUT2D eigenvalue weighted by atomic mass is 9.86. The molecule has 2 N–H and O–H groups in total. The van der Waals surface area contributed by atoms with E-state index in [-0.39, 0.29) is 18.2 Å². The third-order valence-electron chi connectivity index (χ3n) is 6.17. The molecule has 1 atom stereocenters. The van der Waals surface area contributed by atoms with E-state index in [2.05, 4.69) is 29.3 Å². The lowest BCUT2D eigenvalue weighted by Gasteiger charge is -2.30. The van der Waals surface area contributed by atoms with Crippen LogP contribution in [0.25, 0.3) is 0 Å². The highest BCUT2D eigenvalue weighted by Crippen LogP contribution is 2.30. The van der Waals surface area contributed by atoms with Gasteiger partial charge in [-0.25, -0.2) is 0 Å². The molecule has 29 heavy (non-hydrogen) atoms. The third-order valence-corrected chi connectivity index (χ3v) is 6.17. The highest BCUT2D eigenvalue weighted by molar-refractivity contribution is 5.80. The molecule has 2 fully saturated rings. The first kappa shape index (κ1) is 21.1. The van der Waals surface area contributed by atoms with Gasteiger partial charge in [0.1, 0.15) is 0 Å². The molecular weight excluding hydrogens is 370 g/mol. The highest BCUT2D eigenvalue weighted by atomic mass is 16.4. The van der Waals surface area contributed by atoms with Gasteiger partial charge < -0.3 is 20.2 Å². The largest absolute Gasteiger partial charge is 0.481 e. The number of aliphatic carboxylic acids is 1. The zero-order valence-electron chi connectivity index (χ0n) is 17.2. The number of nitrogens with one attached hydrogen (secondary N) is 1. The minimum Gasteiger partial charge on any atom is -0.481 e. The fraction of sp³-hybridized carbons (Fsp3) is 0.591. The van der Waals surface area contributed by atoms with Crippen molar-refractivity contribution in [3.8, 4) is 0 Å². The lowest BCUT2D eigenvalue weighted by Crippen LogP contribution is -2.43. The van der Waals surface area contributed by atoms with Crippen LogP contribution in [0.4, 0.5) is 5.69 Å². The first-order valence-corrected chi connectivity index (χ1v) is 10.5. The molecule has 0 bridgehead atoms. The van der Waals surface area contributed by atoms with E-state index in [0.29, 0.717) is 38.6 Å². The van der Waals surface area contributed by atoms with Gasteiger partial charge in [0, 0.05) is 56.7 Å². The number of aryl methyl sites for hydroxylation is 1. The SMILES string of the molecule is Cc1ccccc1N1CCCN(C(=O)CC[C@@]2(CCC(=O)O)CCC(=O)N2)CC1. The minimum absolute atomic E-state index is 0.00354. The molecule has 2 aliphatic heterocycles. The van der Waals surface area contributed by atoms with E-state index < -0.39 is 11.5 Å². The Morgan fingerprint density at radius 1 is 1.10 bits per heavy atom. The van der Waals surface area contributed by atoms with Gasteiger partial charge in [0.05, 0.1) is 0 Å². The Bertz CT molecular complexity index is 766. The highest BCUT2D eigenvalue weighted by Gasteiger charge is 2.38. The van der Waals surface area contributed by atoms with Crippen molar-refractivity contribution in [1.29, 1.82) is 0 Å². The van der Waals surface area contributed by atoms with Gasteiger partial charge in [0.2, 0.25) is 11.8 Å². The number of hydrogen-bond donors (Lipinski definition) is 2. The number of nitrogens with zero attached hydrogens (tertiary/aromatic N) is 2. The molecule has 0 saturated carbocycles. The second-order valence-electron chi connectivity index (χ2n) is 8.23. The second-order valence-corrected chi connectivity index (χ2v) is 8.23. The zero-order chi connectivity index (χ0) is 20.9. The van der Waals surface area contributed by atoms with Crippen LogP contribution < -0.4 is 10.2 Å². The van der Waals surface area contributed by atoms with Crippen LogP contribution in [-0.4, -0.2) is 59.5 Å². The Morgan fingerprint density at radius 3 is 2.55 bits per heavy atom. The monoisotopic (exact) mass is 401 g/mol. The Balaban J connectivity index is 1.55. The van der Waals surface area contributed by atoms with Crippen LogP contribution in [0.15, 0.2) is 24.3 Å². The molecule has 1 aromatic rings. The summed E-state index contributed by atoms with van der Waals surface area (Å²) in [5, 5.41) is 12.0. The standard InChI is InChI=1S/C22H31N3O4/c1-17-5-2-3-6-18(17)24-13-4-14-25(16-15-24)20(27)8-11-22(12-9-21(28)29)10-7-19(26)23-22/h2-3,5-6H,4,7-16H2,1H3,(H,23,26)(H,28,29)/t22-/m1/s1. The summed E-state index contributed by atoms with van der Waals surface area (Å²) in [7, 11) is 0. The predicted octanol–water partition coefficient (Wildman–Crippen LogP) is 2.33. The summed E-state index contributed by atoms with van der Waals surface area (Å²) in [5.41, 5.74) is 1.91. The van der Waals surface area contributed by atoms with Gasteiger partial charge in [-0.3, -0.25) is 14.4 Å². The molecule has 0 radical (unpaired) electrons. The summed E-state index contributed by atoms with van der Waals surface area (Å²) in [4.78, 5) is 39.8. The molecule has 0 spiro atoms. The van der Waals surface area contributed by atoms with E-state index in [9.17, 15) is 14.4 Å². The Kier molecular flexibility index (Phi) is 6.77. The summed E-state index contributed by atoms with van der Waals surface area (Å²) in [6.45, 7) is 5.25. The van der Waals surface area contributed by atoms with Crippen LogP contribution in [0.1, 0.15) is 50.5 Å². The maximum Gasteiger partial charge on any atom is 0.303 e. The molecule has 2 amide bonds. The Morgan fingerprint density at radius 2 is 1.86 bits per heavy atom. The first-order valence-electron chi connectivity index (χ1n) is 10.5. The third kappa shape index (κ3) is 5.49. The Labute approximate surface area is 172 Å². The van der Waals surface area contributed by atoms with Crippen molar-refractivity contribution in [1.82, 2.24) is 10.2 Å². The number of para-hydroxylation sites is 1. The van der Waals surface area contributed by atoms with Crippen LogP contribution in [0.2, 0.25) is 0 Å². The first-order chi connectivity index (χ1) is 13.9. The molecule has 2 saturated heterocycles. The van der Waals surface area contributed by atoms with Gasteiger partial charge in [-0.05, 0) is 44.2 Å². The molecule has 1 aromatic carbocycles. The maximum atomic E-state index is 12.9.